The van der Waals surface area contributed by atoms with Crippen molar-refractivity contribution in [2.45, 2.75) is 93.4 Å². The topological polar surface area (TPSA) is 80.3 Å². The van der Waals surface area contributed by atoms with Gasteiger partial charge < -0.3 is 0 Å². The second-order valence-electron chi connectivity index (χ2n) is 7.65. The van der Waals surface area contributed by atoms with Crippen LogP contribution in [0, 0.1) is 0 Å². The first-order valence-electron chi connectivity index (χ1n) is 9.08. The number of hydrogen-bond donors (Lipinski definition) is 1. The van der Waals surface area contributed by atoms with Crippen LogP contribution in [0.25, 0.3) is 0 Å². The van der Waals surface area contributed by atoms with Gasteiger partial charge in [-0.15, -0.1) is 0 Å². The van der Waals surface area contributed by atoms with Gasteiger partial charge in [-0.3, -0.25) is 14.9 Å². The molecule has 2 aliphatic rings. The third-order valence-corrected chi connectivity index (χ3v) is 7.99. The van der Waals surface area contributed by atoms with Crippen molar-refractivity contribution in [3.05, 3.63) is 0 Å². The Hall–Kier alpha value is -0.845. The van der Waals surface area contributed by atoms with Crippen LogP contribution in [0.15, 0.2) is 0 Å². The Morgan fingerprint density at radius 3 is 2.21 bits per heavy atom. The number of nitrogens with one attached hydrogen (secondary N) is 1. The van der Waals surface area contributed by atoms with Crippen LogP contribution in [0.5, 0.6) is 0 Å². The Bertz CT molecular complexity index is 573. The van der Waals surface area contributed by atoms with Crippen molar-refractivity contribution >= 4 is 29.5 Å². The van der Waals surface area contributed by atoms with E-state index >= 15 is 0 Å². The van der Waals surface area contributed by atoms with Gasteiger partial charge >= 0.3 is 0 Å². The zero-order chi connectivity index (χ0) is 17.8. The van der Waals surface area contributed by atoms with Gasteiger partial charge in [0.1, 0.15) is 5.25 Å². The second-order valence-corrected chi connectivity index (χ2v) is 10.1. The molecule has 2 amide bonds. The Morgan fingerprint density at radius 1 is 1.00 bits per heavy atom. The van der Waals surface area contributed by atoms with Crippen LogP contribution in [0.2, 0.25) is 5.31 Å². The number of amides is 2. The van der Waals surface area contributed by atoms with Gasteiger partial charge in [0.25, 0.3) is 0 Å². The molecule has 3 atom stereocenters. The largest absolute Gasteiger partial charge is 0.295 e. The molecule has 0 bridgehead atoms. The number of imide groups is 1. The van der Waals surface area contributed by atoms with Crippen LogP contribution >= 0.6 is 0 Å². The number of sulfone groups is 1. The summed E-state index contributed by atoms with van der Waals surface area (Å²) >= 11 is 0. The van der Waals surface area contributed by atoms with Crippen LogP contribution in [0.3, 0.4) is 0 Å². The summed E-state index contributed by atoms with van der Waals surface area (Å²) in [7, 11) is 2.72. The average Bonchev–Trinajstić information content (AvgIpc) is 2.51. The summed E-state index contributed by atoms with van der Waals surface area (Å²) in [5.41, 5.74) is 0. The van der Waals surface area contributed by atoms with Gasteiger partial charge in [0, 0.05) is 6.42 Å². The Morgan fingerprint density at radius 2 is 1.58 bits per heavy atom. The molecule has 1 heterocycles. The first kappa shape index (κ1) is 19.5. The maximum atomic E-state index is 12.9. The lowest BCUT2D eigenvalue weighted by atomic mass is 9.64. The van der Waals surface area contributed by atoms with E-state index in [0.29, 0.717) is 12.8 Å². The summed E-state index contributed by atoms with van der Waals surface area (Å²) in [6.45, 7) is 2.07. The zero-order valence-corrected chi connectivity index (χ0v) is 15.4. The van der Waals surface area contributed by atoms with E-state index in [1.807, 2.05) is 0 Å². The molecule has 2 rings (SSSR count). The van der Waals surface area contributed by atoms with Crippen molar-refractivity contribution in [2.24, 2.45) is 0 Å². The van der Waals surface area contributed by atoms with Gasteiger partial charge in [0.05, 0.1) is 13.1 Å². The fraction of sp³-hybridized carbons (Fsp3) is 0.882. The third-order valence-electron chi connectivity index (χ3n) is 5.35. The fourth-order valence-electron chi connectivity index (χ4n) is 3.80. The molecule has 134 valence electrons. The normalized spacial score (nSPS) is 34.2. The molecule has 1 saturated heterocycles. The summed E-state index contributed by atoms with van der Waals surface area (Å²) in [5.74, 6) is -1.02. The lowest BCUT2D eigenvalue weighted by Gasteiger charge is -2.26. The Labute approximate surface area is 146 Å². The Kier molecular flexibility index (Phi) is 6.51. The van der Waals surface area contributed by atoms with Crippen molar-refractivity contribution < 1.29 is 18.0 Å². The predicted octanol–water partition coefficient (Wildman–Crippen LogP) is 2.45. The number of carbonyl (C=O) groups excluding carboxylic acids is 2. The lowest BCUT2D eigenvalue weighted by Crippen LogP contribution is -2.50. The van der Waals surface area contributed by atoms with E-state index in [1.165, 1.54) is 0 Å². The van der Waals surface area contributed by atoms with E-state index in [2.05, 4.69) is 12.2 Å². The van der Waals surface area contributed by atoms with E-state index in [4.69, 9.17) is 7.85 Å². The fourth-order valence-corrected chi connectivity index (χ4v) is 6.05. The summed E-state index contributed by atoms with van der Waals surface area (Å²) < 4.78 is 25.9. The monoisotopic (exact) mass is 353 g/mol. The number of carbonyl (C=O) groups is 2. The predicted molar refractivity (Wildman–Crippen MR) is 94.6 cm³/mol. The van der Waals surface area contributed by atoms with E-state index < -0.39 is 26.2 Å². The summed E-state index contributed by atoms with van der Waals surface area (Å²) in [5, 5.41) is 0.460. The quantitative estimate of drug-likeness (QED) is 0.611. The van der Waals surface area contributed by atoms with Crippen molar-refractivity contribution in [3.63, 3.8) is 0 Å². The van der Waals surface area contributed by atoms with Crippen LogP contribution in [-0.2, 0) is 19.4 Å². The molecule has 2 radical (unpaired) electrons. The molecule has 3 unspecified atom stereocenters. The van der Waals surface area contributed by atoms with Crippen LogP contribution < -0.4 is 5.32 Å². The molecule has 0 aromatic rings. The molecule has 7 heteroatoms. The highest BCUT2D eigenvalue weighted by Gasteiger charge is 2.41. The van der Waals surface area contributed by atoms with Gasteiger partial charge in [-0.25, -0.2) is 8.42 Å². The third kappa shape index (κ3) is 5.07. The van der Waals surface area contributed by atoms with E-state index in [0.717, 1.165) is 44.9 Å². The molecule has 2 fully saturated rings. The molecule has 1 aliphatic carbocycles. The highest BCUT2D eigenvalue weighted by Crippen LogP contribution is 2.36. The number of piperidine rings is 1. The minimum absolute atomic E-state index is 0.105. The summed E-state index contributed by atoms with van der Waals surface area (Å²) in [6, 6.07) is 0. The van der Waals surface area contributed by atoms with Crippen LogP contribution in [-0.4, -0.2) is 38.6 Å². The van der Waals surface area contributed by atoms with E-state index in [9.17, 15) is 18.0 Å². The van der Waals surface area contributed by atoms with Gasteiger partial charge in [0.15, 0.2) is 9.84 Å². The minimum atomic E-state index is -3.56. The summed E-state index contributed by atoms with van der Waals surface area (Å²) in [4.78, 5) is 23.3. The van der Waals surface area contributed by atoms with Gasteiger partial charge in [-0.1, -0.05) is 57.2 Å². The molecule has 1 aliphatic heterocycles. The van der Waals surface area contributed by atoms with Crippen molar-refractivity contribution in [3.8, 4) is 0 Å². The molecule has 1 saturated carbocycles. The van der Waals surface area contributed by atoms with Crippen LogP contribution in [0.1, 0.15) is 77.6 Å². The molecular weight excluding hydrogens is 325 g/mol. The molecule has 1 N–H and O–H groups in total. The molecule has 0 spiro atoms. The maximum Gasteiger partial charge on any atom is 0.244 e. The molecule has 24 heavy (non-hydrogen) atoms. The number of rotatable bonds is 2. The standard InChI is InChI=1S/C17H28BNO4S/c1-17(18)11-5-2-3-7-13(8-4-6-12-17)24(22,23)14-9-10-15(20)19-16(14)21/h13-14H,2-12H2,1H3,(H,19,20,21). The van der Waals surface area contributed by atoms with Crippen molar-refractivity contribution in [1.29, 1.82) is 0 Å². The molecule has 0 aromatic carbocycles. The summed E-state index contributed by atoms with van der Waals surface area (Å²) in [6.07, 6.45) is 7.81. The van der Waals surface area contributed by atoms with Gasteiger partial charge in [-0.2, -0.15) is 0 Å². The molecule has 0 aromatic heterocycles. The van der Waals surface area contributed by atoms with Gasteiger partial charge in [-0.05, 0) is 19.3 Å². The molecular formula is C17H28BNO4S. The van der Waals surface area contributed by atoms with Gasteiger partial charge in [0.2, 0.25) is 11.8 Å². The SMILES string of the molecule is [B]C1(C)CCCCCC(S(=O)(=O)C2CCC(=O)NC2=O)CCCC1. The van der Waals surface area contributed by atoms with Crippen molar-refractivity contribution in [2.75, 3.05) is 0 Å². The maximum absolute atomic E-state index is 12.9. The molecule has 5 nitrogen and oxygen atoms in total. The van der Waals surface area contributed by atoms with E-state index in [-0.39, 0.29) is 24.1 Å². The lowest BCUT2D eigenvalue weighted by molar-refractivity contribution is -0.132. The highest BCUT2D eigenvalue weighted by molar-refractivity contribution is 7.93. The minimum Gasteiger partial charge on any atom is -0.295 e. The van der Waals surface area contributed by atoms with Crippen molar-refractivity contribution in [1.82, 2.24) is 5.32 Å². The first-order valence-corrected chi connectivity index (χ1v) is 10.7. The number of hydrogen-bond acceptors (Lipinski definition) is 4. The van der Waals surface area contributed by atoms with E-state index in [1.54, 1.807) is 0 Å². The highest BCUT2D eigenvalue weighted by atomic mass is 32.2. The van der Waals surface area contributed by atoms with Crippen LogP contribution in [0.4, 0.5) is 0 Å². The Balaban J connectivity index is 2.07. The average molecular weight is 353 g/mol. The second kappa shape index (κ2) is 8.02. The zero-order valence-electron chi connectivity index (χ0n) is 14.6. The first-order chi connectivity index (χ1) is 11.2. The smallest absolute Gasteiger partial charge is 0.244 e.